The zero-order valence-electron chi connectivity index (χ0n) is 14.2. The SMILES string of the molecule is Cc1ccc(NC(=O)C(C)NCC(C)(C)CN(C)C)cc1. The lowest BCUT2D eigenvalue weighted by atomic mass is 9.92. The van der Waals surface area contributed by atoms with Crippen molar-refractivity contribution in [1.29, 1.82) is 0 Å². The minimum atomic E-state index is -0.215. The molecule has 1 rings (SSSR count). The number of carbonyl (C=O) groups excluding carboxylic acids is 1. The average molecular weight is 291 g/mol. The molecule has 1 atom stereocenters. The van der Waals surface area contributed by atoms with Crippen molar-refractivity contribution in [1.82, 2.24) is 10.2 Å². The van der Waals surface area contributed by atoms with Crippen LogP contribution in [0, 0.1) is 12.3 Å². The minimum absolute atomic E-state index is 0.000457. The van der Waals surface area contributed by atoms with E-state index in [-0.39, 0.29) is 17.4 Å². The van der Waals surface area contributed by atoms with Crippen molar-refractivity contribution < 1.29 is 4.79 Å². The van der Waals surface area contributed by atoms with E-state index in [2.05, 4.69) is 43.5 Å². The Morgan fingerprint density at radius 3 is 2.33 bits per heavy atom. The van der Waals surface area contributed by atoms with Crippen LogP contribution < -0.4 is 10.6 Å². The summed E-state index contributed by atoms with van der Waals surface area (Å²) in [5.41, 5.74) is 2.15. The first-order chi connectivity index (χ1) is 9.69. The molecule has 0 radical (unpaired) electrons. The van der Waals surface area contributed by atoms with Gasteiger partial charge in [-0.05, 0) is 45.5 Å². The highest BCUT2D eigenvalue weighted by molar-refractivity contribution is 5.94. The second-order valence-electron chi connectivity index (χ2n) is 6.86. The van der Waals surface area contributed by atoms with Gasteiger partial charge < -0.3 is 15.5 Å². The molecule has 0 saturated heterocycles. The molecule has 0 aromatic heterocycles. The Bertz CT molecular complexity index is 452. The molecule has 0 fully saturated rings. The van der Waals surface area contributed by atoms with Gasteiger partial charge in [-0.2, -0.15) is 0 Å². The second-order valence-corrected chi connectivity index (χ2v) is 6.86. The van der Waals surface area contributed by atoms with Gasteiger partial charge in [0.15, 0.2) is 0 Å². The summed E-state index contributed by atoms with van der Waals surface area (Å²) in [6.45, 7) is 10.1. The normalized spacial score (nSPS) is 13.3. The number of aryl methyl sites for hydroxylation is 1. The van der Waals surface area contributed by atoms with Crippen LogP contribution in [-0.4, -0.2) is 44.0 Å². The van der Waals surface area contributed by atoms with Crippen molar-refractivity contribution >= 4 is 11.6 Å². The molecule has 1 aromatic rings. The fourth-order valence-corrected chi connectivity index (χ4v) is 2.32. The summed E-state index contributed by atoms with van der Waals surface area (Å²) in [7, 11) is 4.13. The van der Waals surface area contributed by atoms with Gasteiger partial charge in [-0.3, -0.25) is 4.79 Å². The van der Waals surface area contributed by atoms with E-state index in [9.17, 15) is 4.79 Å². The van der Waals surface area contributed by atoms with E-state index in [0.29, 0.717) is 0 Å². The third-order valence-corrected chi connectivity index (χ3v) is 3.34. The minimum Gasteiger partial charge on any atom is -0.325 e. The van der Waals surface area contributed by atoms with E-state index in [0.717, 1.165) is 18.8 Å². The molecule has 1 unspecified atom stereocenters. The van der Waals surface area contributed by atoms with Crippen LogP contribution in [0.3, 0.4) is 0 Å². The van der Waals surface area contributed by atoms with E-state index < -0.39 is 0 Å². The molecule has 0 bridgehead atoms. The maximum absolute atomic E-state index is 12.2. The highest BCUT2D eigenvalue weighted by Gasteiger charge is 2.21. The van der Waals surface area contributed by atoms with Crippen LogP contribution >= 0.6 is 0 Å². The van der Waals surface area contributed by atoms with Crippen molar-refractivity contribution in [2.75, 3.05) is 32.5 Å². The van der Waals surface area contributed by atoms with Crippen molar-refractivity contribution in [2.45, 2.75) is 33.7 Å². The fraction of sp³-hybridized carbons (Fsp3) is 0.588. The monoisotopic (exact) mass is 291 g/mol. The van der Waals surface area contributed by atoms with Gasteiger partial charge >= 0.3 is 0 Å². The zero-order chi connectivity index (χ0) is 16.0. The molecule has 0 aliphatic heterocycles. The van der Waals surface area contributed by atoms with Crippen molar-refractivity contribution in [2.24, 2.45) is 5.41 Å². The molecule has 4 heteroatoms. The van der Waals surface area contributed by atoms with Crippen LogP contribution in [0.25, 0.3) is 0 Å². The highest BCUT2D eigenvalue weighted by atomic mass is 16.2. The summed E-state index contributed by atoms with van der Waals surface area (Å²) < 4.78 is 0. The second kappa shape index (κ2) is 7.57. The number of benzene rings is 1. The van der Waals surface area contributed by atoms with Gasteiger partial charge in [-0.25, -0.2) is 0 Å². The van der Waals surface area contributed by atoms with Crippen molar-refractivity contribution in [3.63, 3.8) is 0 Å². The van der Waals surface area contributed by atoms with Crippen LogP contribution in [0.2, 0.25) is 0 Å². The Morgan fingerprint density at radius 1 is 1.24 bits per heavy atom. The molecule has 1 aromatic carbocycles. The van der Waals surface area contributed by atoms with E-state index in [4.69, 9.17) is 0 Å². The van der Waals surface area contributed by atoms with Crippen LogP contribution in [0.5, 0.6) is 0 Å². The molecular formula is C17H29N3O. The Morgan fingerprint density at radius 2 is 1.81 bits per heavy atom. The van der Waals surface area contributed by atoms with Gasteiger partial charge in [-0.1, -0.05) is 31.5 Å². The fourth-order valence-electron chi connectivity index (χ4n) is 2.32. The Balaban J connectivity index is 2.46. The molecule has 0 spiro atoms. The Hall–Kier alpha value is -1.39. The molecule has 0 heterocycles. The van der Waals surface area contributed by atoms with Gasteiger partial charge in [-0.15, -0.1) is 0 Å². The van der Waals surface area contributed by atoms with Gasteiger partial charge in [0.2, 0.25) is 5.91 Å². The number of carbonyl (C=O) groups is 1. The van der Waals surface area contributed by atoms with Crippen LogP contribution in [-0.2, 0) is 4.79 Å². The van der Waals surface area contributed by atoms with Gasteiger partial charge in [0.05, 0.1) is 6.04 Å². The summed E-state index contributed by atoms with van der Waals surface area (Å²) in [5, 5.41) is 6.26. The lowest BCUT2D eigenvalue weighted by Crippen LogP contribution is -2.45. The van der Waals surface area contributed by atoms with E-state index in [1.807, 2.05) is 38.1 Å². The van der Waals surface area contributed by atoms with Crippen molar-refractivity contribution in [3.8, 4) is 0 Å². The van der Waals surface area contributed by atoms with Crippen LogP contribution in [0.4, 0.5) is 5.69 Å². The summed E-state index contributed by atoms with van der Waals surface area (Å²) in [6, 6.07) is 7.63. The van der Waals surface area contributed by atoms with Gasteiger partial charge in [0, 0.05) is 18.8 Å². The molecule has 4 nitrogen and oxygen atoms in total. The predicted molar refractivity (Wildman–Crippen MR) is 89.6 cm³/mol. The lowest BCUT2D eigenvalue weighted by Gasteiger charge is -2.29. The molecule has 118 valence electrons. The number of rotatable bonds is 7. The number of amides is 1. The quantitative estimate of drug-likeness (QED) is 0.811. The van der Waals surface area contributed by atoms with E-state index >= 15 is 0 Å². The molecule has 0 saturated carbocycles. The average Bonchev–Trinajstić information content (AvgIpc) is 2.37. The number of hydrogen-bond donors (Lipinski definition) is 2. The molecular weight excluding hydrogens is 262 g/mol. The molecule has 2 N–H and O–H groups in total. The van der Waals surface area contributed by atoms with E-state index in [1.54, 1.807) is 0 Å². The van der Waals surface area contributed by atoms with Crippen LogP contribution in [0.15, 0.2) is 24.3 Å². The Kier molecular flexibility index (Phi) is 6.37. The topological polar surface area (TPSA) is 44.4 Å². The summed E-state index contributed by atoms with van der Waals surface area (Å²) >= 11 is 0. The number of anilines is 1. The number of nitrogens with zero attached hydrogens (tertiary/aromatic N) is 1. The maximum Gasteiger partial charge on any atom is 0.241 e. The first kappa shape index (κ1) is 17.7. The smallest absolute Gasteiger partial charge is 0.241 e. The third-order valence-electron chi connectivity index (χ3n) is 3.34. The first-order valence-corrected chi connectivity index (χ1v) is 7.45. The molecule has 21 heavy (non-hydrogen) atoms. The van der Waals surface area contributed by atoms with Crippen molar-refractivity contribution in [3.05, 3.63) is 29.8 Å². The van der Waals surface area contributed by atoms with Crippen LogP contribution in [0.1, 0.15) is 26.3 Å². The Labute approximate surface area is 128 Å². The molecule has 1 amide bonds. The maximum atomic E-state index is 12.2. The van der Waals surface area contributed by atoms with Gasteiger partial charge in [0.1, 0.15) is 0 Å². The van der Waals surface area contributed by atoms with Gasteiger partial charge in [0.25, 0.3) is 0 Å². The standard InChI is InChI=1S/C17H29N3O/c1-13-7-9-15(10-8-13)19-16(21)14(2)18-11-17(3,4)12-20(5)6/h7-10,14,18H,11-12H2,1-6H3,(H,19,21). The number of hydrogen-bond acceptors (Lipinski definition) is 3. The molecule has 0 aliphatic rings. The number of nitrogens with one attached hydrogen (secondary N) is 2. The predicted octanol–water partition coefficient (Wildman–Crippen LogP) is 2.50. The summed E-state index contributed by atoms with van der Waals surface area (Å²) in [4.78, 5) is 14.3. The third kappa shape index (κ3) is 6.74. The summed E-state index contributed by atoms with van der Waals surface area (Å²) in [5.74, 6) is -0.000457. The first-order valence-electron chi connectivity index (χ1n) is 7.45. The zero-order valence-corrected chi connectivity index (χ0v) is 14.2. The lowest BCUT2D eigenvalue weighted by molar-refractivity contribution is -0.117. The molecule has 0 aliphatic carbocycles. The van der Waals surface area contributed by atoms with E-state index in [1.165, 1.54) is 5.56 Å². The summed E-state index contributed by atoms with van der Waals surface area (Å²) in [6.07, 6.45) is 0. The highest BCUT2D eigenvalue weighted by Crippen LogP contribution is 2.15. The largest absolute Gasteiger partial charge is 0.325 e.